The molecule has 0 radical (unpaired) electrons. The second kappa shape index (κ2) is 6.39. The molecule has 2 rings (SSSR count). The Kier molecular flexibility index (Phi) is 4.54. The number of benzene rings is 1. The molecule has 0 aliphatic heterocycles. The molecule has 2 amide bonds. The molecule has 0 saturated carbocycles. The van der Waals surface area contributed by atoms with Crippen LogP contribution < -0.4 is 10.4 Å². The van der Waals surface area contributed by atoms with Crippen molar-refractivity contribution in [2.75, 3.05) is 5.01 Å². The second-order valence-corrected chi connectivity index (χ2v) is 5.70. The van der Waals surface area contributed by atoms with Gasteiger partial charge in [-0.25, -0.2) is 19.7 Å². The van der Waals surface area contributed by atoms with Gasteiger partial charge in [0, 0.05) is 12.4 Å². The number of nitrogens with one attached hydrogen (secondary N) is 1. The van der Waals surface area contributed by atoms with Crippen molar-refractivity contribution in [1.82, 2.24) is 15.2 Å². The zero-order valence-electron chi connectivity index (χ0n) is 13.1. The lowest BCUT2D eigenvalue weighted by Gasteiger charge is -2.24. The highest BCUT2D eigenvalue weighted by molar-refractivity contribution is 5.89. The van der Waals surface area contributed by atoms with Gasteiger partial charge in [0.05, 0.1) is 11.4 Å². The monoisotopic (exact) mass is 318 g/mol. The van der Waals surface area contributed by atoms with Gasteiger partial charge in [0.25, 0.3) is 0 Å². The third-order valence-corrected chi connectivity index (χ3v) is 2.65. The molecule has 2 aromatic rings. The molecule has 0 atom stereocenters. The molecular formula is C15H18N4O4. The van der Waals surface area contributed by atoms with Gasteiger partial charge in [-0.1, -0.05) is 6.07 Å². The van der Waals surface area contributed by atoms with Crippen molar-refractivity contribution in [2.24, 2.45) is 0 Å². The van der Waals surface area contributed by atoms with Crippen LogP contribution in [0.25, 0.3) is 5.69 Å². The lowest BCUT2D eigenvalue weighted by molar-refractivity contribution is 0.0518. The number of hydrogen-bond donors (Lipinski definition) is 2. The van der Waals surface area contributed by atoms with Crippen LogP contribution in [0.5, 0.6) is 0 Å². The molecule has 0 bridgehead atoms. The highest BCUT2D eigenvalue weighted by Crippen LogP contribution is 2.18. The Bertz CT molecular complexity index is 692. The lowest BCUT2D eigenvalue weighted by Crippen LogP contribution is -2.47. The third kappa shape index (κ3) is 4.47. The van der Waals surface area contributed by atoms with E-state index >= 15 is 0 Å². The van der Waals surface area contributed by atoms with Crippen molar-refractivity contribution in [2.45, 2.75) is 26.4 Å². The van der Waals surface area contributed by atoms with Gasteiger partial charge in [-0.05, 0) is 45.0 Å². The first kappa shape index (κ1) is 16.3. The van der Waals surface area contributed by atoms with E-state index in [2.05, 4.69) is 10.5 Å². The Hall–Kier alpha value is -3.03. The molecule has 0 fully saturated rings. The molecule has 2 N–H and O–H groups in total. The topological polar surface area (TPSA) is 96.7 Å². The molecule has 23 heavy (non-hydrogen) atoms. The summed E-state index contributed by atoms with van der Waals surface area (Å²) in [5.74, 6) is 0. The van der Waals surface area contributed by atoms with E-state index in [0.29, 0.717) is 10.7 Å². The van der Waals surface area contributed by atoms with Gasteiger partial charge < -0.3 is 9.84 Å². The molecule has 122 valence electrons. The summed E-state index contributed by atoms with van der Waals surface area (Å²) < 4.78 is 6.65. The van der Waals surface area contributed by atoms with E-state index < -0.39 is 17.8 Å². The Balaban J connectivity index is 2.23. The van der Waals surface area contributed by atoms with Crippen molar-refractivity contribution in [3.05, 3.63) is 42.7 Å². The number of carbonyl (C=O) groups excluding carboxylic acids is 1. The molecule has 1 aromatic carbocycles. The van der Waals surface area contributed by atoms with Crippen LogP contribution in [-0.2, 0) is 4.74 Å². The zero-order valence-corrected chi connectivity index (χ0v) is 13.1. The van der Waals surface area contributed by atoms with E-state index in [1.54, 1.807) is 68.2 Å². The molecule has 1 aromatic heterocycles. The van der Waals surface area contributed by atoms with Crippen LogP contribution in [0, 0.1) is 0 Å². The molecule has 8 nitrogen and oxygen atoms in total. The van der Waals surface area contributed by atoms with Crippen LogP contribution in [0.3, 0.4) is 0 Å². The van der Waals surface area contributed by atoms with E-state index in [-0.39, 0.29) is 5.69 Å². The van der Waals surface area contributed by atoms with Crippen molar-refractivity contribution in [3.8, 4) is 5.69 Å². The summed E-state index contributed by atoms with van der Waals surface area (Å²) in [6, 6.07) is 8.32. The number of amides is 2. The van der Waals surface area contributed by atoms with Gasteiger partial charge in [-0.3, -0.25) is 0 Å². The van der Waals surface area contributed by atoms with Gasteiger partial charge in [0.2, 0.25) is 0 Å². The first-order valence-corrected chi connectivity index (χ1v) is 6.89. The normalized spacial score (nSPS) is 10.9. The molecular weight excluding hydrogens is 300 g/mol. The molecule has 0 aliphatic carbocycles. The van der Waals surface area contributed by atoms with E-state index in [1.165, 1.54) is 0 Å². The number of rotatable bonds is 2. The van der Waals surface area contributed by atoms with Gasteiger partial charge in [-0.2, -0.15) is 10.1 Å². The highest BCUT2D eigenvalue weighted by atomic mass is 16.6. The number of hydrazine groups is 1. The predicted molar refractivity (Wildman–Crippen MR) is 83.4 cm³/mol. The predicted octanol–water partition coefficient (Wildman–Crippen LogP) is 2.80. The number of carboxylic acid groups (broad SMARTS) is 1. The minimum absolute atomic E-state index is 0.261. The number of ether oxygens (including phenoxy) is 1. The summed E-state index contributed by atoms with van der Waals surface area (Å²) in [5, 5.41) is 14.1. The average molecular weight is 318 g/mol. The fourth-order valence-corrected chi connectivity index (χ4v) is 1.81. The summed E-state index contributed by atoms with van der Waals surface area (Å²) in [6.07, 6.45) is 1.14. The van der Waals surface area contributed by atoms with E-state index in [9.17, 15) is 14.7 Å². The van der Waals surface area contributed by atoms with E-state index in [0.717, 1.165) is 0 Å². The Morgan fingerprint density at radius 3 is 2.61 bits per heavy atom. The van der Waals surface area contributed by atoms with Crippen molar-refractivity contribution >= 4 is 17.9 Å². The van der Waals surface area contributed by atoms with E-state index in [1.807, 2.05) is 0 Å². The first-order valence-electron chi connectivity index (χ1n) is 6.89. The molecule has 0 aliphatic rings. The minimum Gasteiger partial charge on any atom is -0.463 e. The van der Waals surface area contributed by atoms with Crippen LogP contribution in [-0.4, -0.2) is 32.7 Å². The molecule has 0 saturated heterocycles. The number of hydrogen-bond acceptors (Lipinski definition) is 4. The van der Waals surface area contributed by atoms with Crippen LogP contribution >= 0.6 is 0 Å². The summed E-state index contributed by atoms with van der Waals surface area (Å²) in [7, 11) is 0. The molecule has 0 spiro atoms. The van der Waals surface area contributed by atoms with Crippen LogP contribution in [0.4, 0.5) is 15.3 Å². The Morgan fingerprint density at radius 2 is 2.04 bits per heavy atom. The molecule has 0 unspecified atom stereocenters. The largest absolute Gasteiger partial charge is 0.463 e. The summed E-state index contributed by atoms with van der Waals surface area (Å²) in [4.78, 5) is 23.2. The van der Waals surface area contributed by atoms with Gasteiger partial charge in [0.1, 0.15) is 5.60 Å². The minimum atomic E-state index is -1.34. The summed E-state index contributed by atoms with van der Waals surface area (Å²) in [6.45, 7) is 5.07. The first-order chi connectivity index (χ1) is 10.8. The quantitative estimate of drug-likeness (QED) is 0.830. The lowest BCUT2D eigenvalue weighted by atomic mass is 10.2. The van der Waals surface area contributed by atoms with Crippen LogP contribution in [0.15, 0.2) is 42.7 Å². The number of carbonyl (C=O) groups is 2. The number of aromatic nitrogens is 2. The summed E-state index contributed by atoms with van der Waals surface area (Å²) >= 11 is 0. The average Bonchev–Trinajstić information content (AvgIpc) is 2.97. The van der Waals surface area contributed by atoms with Crippen LogP contribution in [0.2, 0.25) is 0 Å². The fraction of sp³-hybridized carbons (Fsp3) is 0.267. The van der Waals surface area contributed by atoms with Crippen molar-refractivity contribution < 1.29 is 19.4 Å². The van der Waals surface area contributed by atoms with Gasteiger partial charge in [-0.15, -0.1) is 0 Å². The standard InChI is InChI=1S/C15H18N4O4/c1-15(2,3)23-13(20)17-19(14(21)22)12-7-4-6-11(10-12)18-9-5-8-16-18/h4-10H,1-3H3,(H,17,20)(H,21,22). The Labute approximate surface area is 133 Å². The number of nitrogens with zero attached hydrogens (tertiary/aromatic N) is 3. The zero-order chi connectivity index (χ0) is 17.0. The van der Waals surface area contributed by atoms with Gasteiger partial charge >= 0.3 is 12.2 Å². The smallest absolute Gasteiger partial charge is 0.431 e. The second-order valence-electron chi connectivity index (χ2n) is 5.70. The molecule has 1 heterocycles. The van der Waals surface area contributed by atoms with Crippen molar-refractivity contribution in [3.63, 3.8) is 0 Å². The maximum Gasteiger partial charge on any atom is 0.431 e. The highest BCUT2D eigenvalue weighted by Gasteiger charge is 2.22. The van der Waals surface area contributed by atoms with Gasteiger partial charge in [0.15, 0.2) is 0 Å². The fourth-order valence-electron chi connectivity index (χ4n) is 1.81. The molecule has 8 heteroatoms. The van der Waals surface area contributed by atoms with Crippen LogP contribution in [0.1, 0.15) is 20.8 Å². The summed E-state index contributed by atoms with van der Waals surface area (Å²) in [5.41, 5.74) is 2.39. The maximum absolute atomic E-state index is 11.8. The van der Waals surface area contributed by atoms with Crippen molar-refractivity contribution in [1.29, 1.82) is 0 Å². The third-order valence-electron chi connectivity index (χ3n) is 2.65. The number of anilines is 1. The Morgan fingerprint density at radius 1 is 1.30 bits per heavy atom. The van der Waals surface area contributed by atoms with E-state index in [4.69, 9.17) is 4.74 Å². The SMILES string of the molecule is CC(C)(C)OC(=O)NN(C(=O)O)c1cccc(-n2cccn2)c1. The maximum atomic E-state index is 11.8.